The number of anilines is 1. The third-order valence-corrected chi connectivity index (χ3v) is 6.75. The average Bonchev–Trinajstić information content (AvgIpc) is 3.34. The lowest BCUT2D eigenvalue weighted by Crippen LogP contribution is -2.13. The number of nitrogens with zero attached hydrogens (tertiary/aromatic N) is 3. The predicted octanol–water partition coefficient (Wildman–Crippen LogP) is 6.35. The molecule has 0 aliphatic carbocycles. The lowest BCUT2D eigenvalue weighted by molar-refractivity contribution is 0.102. The van der Waals surface area contributed by atoms with E-state index in [0.717, 1.165) is 15.7 Å². The predicted molar refractivity (Wildman–Crippen MR) is 121 cm³/mol. The van der Waals surface area contributed by atoms with Crippen molar-refractivity contribution in [3.63, 3.8) is 0 Å². The maximum atomic E-state index is 12.9. The van der Waals surface area contributed by atoms with Gasteiger partial charge in [0.1, 0.15) is 17.0 Å². The molecule has 0 radical (unpaired) electrons. The van der Waals surface area contributed by atoms with Crippen molar-refractivity contribution >= 4 is 57.3 Å². The Morgan fingerprint density at radius 3 is 2.67 bits per heavy atom. The van der Waals surface area contributed by atoms with Crippen LogP contribution in [0.3, 0.4) is 0 Å². The van der Waals surface area contributed by atoms with Gasteiger partial charge in [-0.3, -0.25) is 10.1 Å². The Morgan fingerprint density at radius 2 is 1.90 bits per heavy atom. The molecule has 0 fully saturated rings. The number of carbonyl (C=O) groups is 1. The minimum Gasteiger partial charge on any atom is -0.360 e. The van der Waals surface area contributed by atoms with E-state index in [4.69, 9.17) is 27.7 Å². The Balaban J connectivity index is 1.47. The zero-order valence-corrected chi connectivity index (χ0v) is 18.7. The number of aromatic nitrogens is 3. The summed E-state index contributed by atoms with van der Waals surface area (Å²) < 4.78 is 5.99. The van der Waals surface area contributed by atoms with E-state index in [1.54, 1.807) is 19.1 Å². The van der Waals surface area contributed by atoms with Crippen molar-refractivity contribution in [3.8, 4) is 11.3 Å². The Morgan fingerprint density at radius 1 is 1.13 bits per heavy atom. The zero-order chi connectivity index (χ0) is 21.1. The van der Waals surface area contributed by atoms with Gasteiger partial charge in [0.2, 0.25) is 5.13 Å². The van der Waals surface area contributed by atoms with Gasteiger partial charge in [-0.2, -0.15) is 0 Å². The summed E-state index contributed by atoms with van der Waals surface area (Å²) in [5.41, 5.74) is 2.44. The molecule has 0 saturated heterocycles. The smallest absolute Gasteiger partial charge is 0.263 e. The molecule has 0 aliphatic rings. The Hall–Kier alpha value is -2.39. The van der Waals surface area contributed by atoms with Crippen LogP contribution in [-0.4, -0.2) is 21.3 Å². The summed E-state index contributed by atoms with van der Waals surface area (Å²) in [7, 11) is 0. The fourth-order valence-corrected chi connectivity index (χ4v) is 4.73. The van der Waals surface area contributed by atoms with Crippen molar-refractivity contribution < 1.29 is 9.32 Å². The van der Waals surface area contributed by atoms with Crippen molar-refractivity contribution in [1.29, 1.82) is 0 Å². The Labute approximate surface area is 190 Å². The van der Waals surface area contributed by atoms with E-state index in [1.165, 1.54) is 23.1 Å². The van der Waals surface area contributed by atoms with Gasteiger partial charge in [0, 0.05) is 16.3 Å². The molecular formula is C20H14Cl2N4O2S2. The van der Waals surface area contributed by atoms with E-state index in [2.05, 4.69) is 20.7 Å². The van der Waals surface area contributed by atoms with Crippen LogP contribution in [0.25, 0.3) is 11.3 Å². The molecule has 6 nitrogen and oxygen atoms in total. The summed E-state index contributed by atoms with van der Waals surface area (Å²) >= 11 is 15.0. The maximum Gasteiger partial charge on any atom is 0.263 e. The monoisotopic (exact) mass is 476 g/mol. The lowest BCUT2D eigenvalue weighted by Gasteiger charge is -2.04. The van der Waals surface area contributed by atoms with Gasteiger partial charge in [-0.25, -0.2) is 0 Å². The first-order valence-electron chi connectivity index (χ1n) is 8.74. The highest BCUT2D eigenvalue weighted by molar-refractivity contribution is 8.00. The molecule has 2 heterocycles. The van der Waals surface area contributed by atoms with E-state index in [-0.39, 0.29) is 5.91 Å². The van der Waals surface area contributed by atoms with Gasteiger partial charge in [0.05, 0.1) is 5.02 Å². The van der Waals surface area contributed by atoms with E-state index in [0.29, 0.717) is 37.8 Å². The minimum atomic E-state index is -0.380. The third kappa shape index (κ3) is 4.67. The van der Waals surface area contributed by atoms with Gasteiger partial charge in [-0.15, -0.1) is 10.2 Å². The number of halogens is 2. The number of thioether (sulfide) groups is 1. The zero-order valence-electron chi connectivity index (χ0n) is 15.6. The molecule has 0 saturated carbocycles. The number of rotatable bonds is 6. The highest BCUT2D eigenvalue weighted by atomic mass is 35.5. The van der Waals surface area contributed by atoms with Crippen LogP contribution in [0.15, 0.2) is 57.4 Å². The van der Waals surface area contributed by atoms with Crippen LogP contribution in [0.5, 0.6) is 0 Å². The van der Waals surface area contributed by atoms with Crippen LogP contribution in [0.4, 0.5) is 5.13 Å². The van der Waals surface area contributed by atoms with Crippen LogP contribution in [0.1, 0.15) is 21.7 Å². The quantitative estimate of drug-likeness (QED) is 0.257. The summed E-state index contributed by atoms with van der Waals surface area (Å²) in [5.74, 6) is 0.736. The van der Waals surface area contributed by atoms with E-state index in [9.17, 15) is 4.79 Å². The maximum absolute atomic E-state index is 12.9. The molecule has 0 unspecified atom stereocenters. The first-order chi connectivity index (χ1) is 14.5. The second kappa shape index (κ2) is 9.18. The van der Waals surface area contributed by atoms with E-state index < -0.39 is 0 Å². The number of amides is 1. The van der Waals surface area contributed by atoms with Crippen molar-refractivity contribution in [1.82, 2.24) is 15.4 Å². The first kappa shape index (κ1) is 20.9. The van der Waals surface area contributed by atoms with Crippen molar-refractivity contribution in [2.24, 2.45) is 0 Å². The number of hydrogen-bond donors (Lipinski definition) is 1. The number of carbonyl (C=O) groups excluding carboxylic acids is 1. The van der Waals surface area contributed by atoms with E-state index in [1.807, 2.05) is 36.4 Å². The van der Waals surface area contributed by atoms with Crippen LogP contribution < -0.4 is 5.32 Å². The number of nitrogens with one attached hydrogen (secondary N) is 1. The van der Waals surface area contributed by atoms with Crippen molar-refractivity contribution in [2.45, 2.75) is 17.0 Å². The van der Waals surface area contributed by atoms with Gasteiger partial charge in [-0.05, 0) is 30.7 Å². The normalized spacial score (nSPS) is 10.9. The molecule has 152 valence electrons. The molecule has 1 amide bonds. The summed E-state index contributed by atoms with van der Waals surface area (Å²) in [4.78, 5) is 12.9. The molecule has 2 aromatic carbocycles. The fourth-order valence-electron chi connectivity index (χ4n) is 2.68. The standard InChI is InChI=1S/C20H14Cl2N4O2S2/c1-11-16(17(26-28-11)14-4-2-3-5-15(14)22)18(27)23-19-24-25-20(30-19)29-10-12-6-8-13(21)9-7-12/h2-9H,10H2,1H3,(H,23,24,27). The second-order valence-corrected chi connectivity index (χ2v) is 9.23. The summed E-state index contributed by atoms with van der Waals surface area (Å²) in [6.45, 7) is 1.68. The molecule has 0 atom stereocenters. The summed E-state index contributed by atoms with van der Waals surface area (Å²) in [6.07, 6.45) is 0. The molecule has 10 heteroatoms. The van der Waals surface area contributed by atoms with Crippen molar-refractivity contribution in [2.75, 3.05) is 5.32 Å². The summed E-state index contributed by atoms with van der Waals surface area (Å²) in [6, 6.07) is 14.8. The molecule has 2 aromatic heterocycles. The SMILES string of the molecule is Cc1onc(-c2ccccc2Cl)c1C(=O)Nc1nnc(SCc2ccc(Cl)cc2)s1. The minimum absolute atomic E-state index is 0.314. The first-order valence-corrected chi connectivity index (χ1v) is 11.3. The topological polar surface area (TPSA) is 80.9 Å². The van der Waals surface area contributed by atoms with Gasteiger partial charge in [0.15, 0.2) is 4.34 Å². The van der Waals surface area contributed by atoms with Gasteiger partial charge in [-0.1, -0.05) is 81.8 Å². The van der Waals surface area contributed by atoms with Crippen LogP contribution in [-0.2, 0) is 5.75 Å². The molecule has 1 N–H and O–H groups in total. The van der Waals surface area contributed by atoms with Gasteiger partial charge < -0.3 is 4.52 Å². The highest BCUT2D eigenvalue weighted by Crippen LogP contribution is 2.33. The third-order valence-electron chi connectivity index (χ3n) is 4.12. The molecule has 30 heavy (non-hydrogen) atoms. The summed E-state index contributed by atoms with van der Waals surface area (Å²) in [5, 5.41) is 16.6. The fraction of sp³-hybridized carbons (Fsp3) is 0.100. The number of hydrogen-bond acceptors (Lipinski definition) is 7. The van der Waals surface area contributed by atoms with Crippen LogP contribution in [0.2, 0.25) is 10.0 Å². The van der Waals surface area contributed by atoms with Gasteiger partial charge in [0.25, 0.3) is 5.91 Å². The van der Waals surface area contributed by atoms with Crippen molar-refractivity contribution in [3.05, 3.63) is 75.5 Å². The molecule has 4 rings (SSSR count). The van der Waals surface area contributed by atoms with E-state index >= 15 is 0 Å². The largest absolute Gasteiger partial charge is 0.360 e. The lowest BCUT2D eigenvalue weighted by atomic mass is 10.1. The Bertz CT molecular complexity index is 1190. The number of benzene rings is 2. The molecule has 0 aliphatic heterocycles. The average molecular weight is 477 g/mol. The molecule has 0 spiro atoms. The van der Waals surface area contributed by atoms with Crippen LogP contribution in [0, 0.1) is 6.92 Å². The highest BCUT2D eigenvalue weighted by Gasteiger charge is 2.24. The Kier molecular flexibility index (Phi) is 6.38. The van der Waals surface area contributed by atoms with Gasteiger partial charge >= 0.3 is 0 Å². The molecule has 0 bridgehead atoms. The number of aryl methyl sites for hydroxylation is 1. The molecule has 4 aromatic rings. The molecular weight excluding hydrogens is 463 g/mol. The second-order valence-electron chi connectivity index (χ2n) is 6.18. The van der Waals surface area contributed by atoms with Crippen LogP contribution >= 0.6 is 46.3 Å².